The second-order valence-corrected chi connectivity index (χ2v) is 6.05. The summed E-state index contributed by atoms with van der Waals surface area (Å²) in [4.78, 5) is 2.59. The van der Waals surface area contributed by atoms with Gasteiger partial charge in [-0.3, -0.25) is 9.58 Å². The Hall–Kier alpha value is -0.390. The minimum atomic E-state index is 0.673. The summed E-state index contributed by atoms with van der Waals surface area (Å²) in [5.74, 6) is 0. The van der Waals surface area contributed by atoms with E-state index in [1.807, 2.05) is 4.68 Å². The number of nitrogens with zero attached hydrogens (tertiary/aromatic N) is 3. The predicted octanol–water partition coefficient (Wildman–Crippen LogP) is 2.32. The molecule has 0 amide bonds. The van der Waals surface area contributed by atoms with Crippen molar-refractivity contribution in [3.05, 3.63) is 15.9 Å². The largest absolute Gasteiger partial charge is 0.315 e. The summed E-state index contributed by atoms with van der Waals surface area (Å²) in [7, 11) is 2.05. The van der Waals surface area contributed by atoms with Gasteiger partial charge in [0, 0.05) is 26.2 Å². The second-order valence-electron chi connectivity index (χ2n) is 5.26. The van der Waals surface area contributed by atoms with Crippen LogP contribution in [0, 0.1) is 0 Å². The van der Waals surface area contributed by atoms with Crippen LogP contribution < -0.4 is 5.32 Å². The average Bonchev–Trinajstić information content (AvgIpc) is 2.95. The van der Waals surface area contributed by atoms with E-state index in [0.717, 1.165) is 26.1 Å². The molecule has 1 aliphatic heterocycles. The fraction of sp³-hybridized carbons (Fsp3) is 0.786. The van der Waals surface area contributed by atoms with Gasteiger partial charge in [0.05, 0.1) is 15.9 Å². The van der Waals surface area contributed by atoms with Crippen LogP contribution >= 0.6 is 15.9 Å². The Morgan fingerprint density at radius 1 is 1.42 bits per heavy atom. The van der Waals surface area contributed by atoms with Crippen molar-refractivity contribution in [2.24, 2.45) is 7.05 Å². The molecule has 0 radical (unpaired) electrons. The molecule has 1 aliphatic rings. The lowest BCUT2D eigenvalue weighted by molar-refractivity contribution is 0.234. The van der Waals surface area contributed by atoms with Gasteiger partial charge in [0.1, 0.15) is 0 Å². The molecule has 1 N–H and O–H groups in total. The van der Waals surface area contributed by atoms with Gasteiger partial charge in [0.25, 0.3) is 0 Å². The normalized spacial score (nSPS) is 20.3. The lowest BCUT2D eigenvalue weighted by Crippen LogP contribution is -2.37. The van der Waals surface area contributed by atoms with E-state index in [9.17, 15) is 0 Å². The highest BCUT2D eigenvalue weighted by Gasteiger charge is 2.26. The second kappa shape index (κ2) is 6.86. The highest BCUT2D eigenvalue weighted by molar-refractivity contribution is 9.10. The molecular weight excluding hydrogens is 304 g/mol. The van der Waals surface area contributed by atoms with Crippen LogP contribution in [0.5, 0.6) is 0 Å². The number of likely N-dealkylation sites (N-methyl/N-ethyl adjacent to an activating group) is 1. The van der Waals surface area contributed by atoms with Gasteiger partial charge >= 0.3 is 0 Å². The highest BCUT2D eigenvalue weighted by Crippen LogP contribution is 2.26. The minimum absolute atomic E-state index is 0.673. The van der Waals surface area contributed by atoms with Gasteiger partial charge in [-0.2, -0.15) is 5.10 Å². The van der Waals surface area contributed by atoms with Crippen molar-refractivity contribution < 1.29 is 0 Å². The standard InChI is InChI=1S/C14H25BrN4/c1-4-12-14(15)13(18(3)17-12)10-19-8-6-7-11(19)9-16-5-2/h11,16H,4-10H2,1-3H3. The smallest absolute Gasteiger partial charge is 0.0767 e. The lowest BCUT2D eigenvalue weighted by Gasteiger charge is -2.24. The Balaban J connectivity index is 2.05. The highest BCUT2D eigenvalue weighted by atomic mass is 79.9. The first-order valence-electron chi connectivity index (χ1n) is 7.32. The maximum Gasteiger partial charge on any atom is 0.0767 e. The monoisotopic (exact) mass is 328 g/mol. The molecule has 19 heavy (non-hydrogen) atoms. The van der Waals surface area contributed by atoms with E-state index in [2.05, 4.69) is 52.1 Å². The molecule has 1 aromatic rings. The molecule has 1 unspecified atom stereocenters. The van der Waals surface area contributed by atoms with Gasteiger partial charge in [-0.25, -0.2) is 0 Å². The van der Waals surface area contributed by atoms with Gasteiger partial charge in [0.2, 0.25) is 0 Å². The van der Waals surface area contributed by atoms with Crippen molar-refractivity contribution in [1.29, 1.82) is 0 Å². The molecule has 0 aromatic carbocycles. The number of rotatable bonds is 6. The Bertz CT molecular complexity index is 416. The molecule has 1 aromatic heterocycles. The molecule has 0 saturated carbocycles. The first-order chi connectivity index (χ1) is 9.17. The van der Waals surface area contributed by atoms with Crippen molar-refractivity contribution in [3.63, 3.8) is 0 Å². The SMILES string of the molecule is CCNCC1CCCN1Cc1c(Br)c(CC)nn1C. The molecule has 5 heteroatoms. The summed E-state index contributed by atoms with van der Waals surface area (Å²) >= 11 is 3.72. The first kappa shape index (κ1) is 15.0. The molecule has 0 spiro atoms. The van der Waals surface area contributed by atoms with Crippen LogP contribution in [-0.2, 0) is 20.0 Å². The van der Waals surface area contributed by atoms with E-state index in [0.29, 0.717) is 6.04 Å². The van der Waals surface area contributed by atoms with Crippen molar-refractivity contribution in [2.75, 3.05) is 19.6 Å². The van der Waals surface area contributed by atoms with E-state index in [1.165, 1.54) is 35.2 Å². The molecule has 0 bridgehead atoms. The lowest BCUT2D eigenvalue weighted by atomic mass is 10.2. The fourth-order valence-electron chi connectivity index (χ4n) is 2.83. The van der Waals surface area contributed by atoms with Crippen molar-refractivity contribution >= 4 is 15.9 Å². The maximum absolute atomic E-state index is 4.59. The van der Waals surface area contributed by atoms with Crippen molar-refractivity contribution in [2.45, 2.75) is 45.7 Å². The third kappa shape index (κ3) is 3.38. The van der Waals surface area contributed by atoms with Crippen LogP contribution in [0.4, 0.5) is 0 Å². The molecule has 4 nitrogen and oxygen atoms in total. The van der Waals surface area contributed by atoms with Crippen LogP contribution in [-0.4, -0.2) is 40.4 Å². The fourth-order valence-corrected chi connectivity index (χ4v) is 3.57. The van der Waals surface area contributed by atoms with Crippen molar-refractivity contribution in [3.8, 4) is 0 Å². The van der Waals surface area contributed by atoms with E-state index in [4.69, 9.17) is 0 Å². The van der Waals surface area contributed by atoms with Gasteiger partial charge < -0.3 is 5.32 Å². The van der Waals surface area contributed by atoms with E-state index in [1.54, 1.807) is 0 Å². The number of hydrogen-bond acceptors (Lipinski definition) is 3. The third-order valence-corrected chi connectivity index (χ3v) is 4.90. The van der Waals surface area contributed by atoms with Gasteiger partial charge in [0.15, 0.2) is 0 Å². The Labute approximate surface area is 124 Å². The summed E-state index contributed by atoms with van der Waals surface area (Å²) < 4.78 is 3.23. The number of likely N-dealkylation sites (tertiary alicyclic amines) is 1. The first-order valence-corrected chi connectivity index (χ1v) is 8.11. The van der Waals surface area contributed by atoms with E-state index in [-0.39, 0.29) is 0 Å². The van der Waals surface area contributed by atoms with Crippen LogP contribution in [0.3, 0.4) is 0 Å². The third-order valence-electron chi connectivity index (χ3n) is 3.98. The number of halogens is 1. The van der Waals surface area contributed by atoms with Gasteiger partial charge in [-0.15, -0.1) is 0 Å². The van der Waals surface area contributed by atoms with Gasteiger partial charge in [-0.05, 0) is 48.3 Å². The van der Waals surface area contributed by atoms with E-state index < -0.39 is 0 Å². The zero-order valence-corrected chi connectivity index (χ0v) is 13.8. The van der Waals surface area contributed by atoms with Gasteiger partial charge in [-0.1, -0.05) is 13.8 Å². The maximum atomic E-state index is 4.59. The predicted molar refractivity (Wildman–Crippen MR) is 82.3 cm³/mol. The van der Waals surface area contributed by atoms with Crippen molar-refractivity contribution in [1.82, 2.24) is 20.0 Å². The zero-order chi connectivity index (χ0) is 13.8. The molecule has 2 rings (SSSR count). The number of hydrogen-bond donors (Lipinski definition) is 1. The number of nitrogens with one attached hydrogen (secondary N) is 1. The summed E-state index contributed by atoms with van der Waals surface area (Å²) in [5.41, 5.74) is 2.47. The van der Waals surface area contributed by atoms with E-state index >= 15 is 0 Å². The average molecular weight is 329 g/mol. The molecular formula is C14H25BrN4. The number of aryl methyl sites for hydroxylation is 2. The molecule has 1 atom stereocenters. The summed E-state index contributed by atoms with van der Waals surface area (Å²) in [5, 5.41) is 8.06. The Morgan fingerprint density at radius 3 is 2.84 bits per heavy atom. The van der Waals surface area contributed by atoms with Crippen LogP contribution in [0.15, 0.2) is 4.47 Å². The molecule has 1 fully saturated rings. The molecule has 1 saturated heterocycles. The Morgan fingerprint density at radius 2 is 2.21 bits per heavy atom. The summed E-state index contributed by atoms with van der Waals surface area (Å²) in [6, 6.07) is 0.673. The Kier molecular flexibility index (Phi) is 5.42. The minimum Gasteiger partial charge on any atom is -0.315 e. The zero-order valence-electron chi connectivity index (χ0n) is 12.2. The van der Waals surface area contributed by atoms with Crippen LogP contribution in [0.1, 0.15) is 38.1 Å². The molecule has 2 heterocycles. The van der Waals surface area contributed by atoms with Crippen LogP contribution in [0.25, 0.3) is 0 Å². The topological polar surface area (TPSA) is 33.1 Å². The molecule has 0 aliphatic carbocycles. The summed E-state index contributed by atoms with van der Waals surface area (Å²) in [6.45, 7) is 8.69. The molecule has 108 valence electrons. The number of aromatic nitrogens is 2. The van der Waals surface area contributed by atoms with Crippen LogP contribution in [0.2, 0.25) is 0 Å². The summed E-state index contributed by atoms with van der Waals surface area (Å²) in [6.07, 6.45) is 3.60. The quantitative estimate of drug-likeness (QED) is 0.869.